The molecule has 2 rings (SSSR count). The molecule has 1 aliphatic rings. The molecule has 1 unspecified atom stereocenters. The van der Waals surface area contributed by atoms with Crippen molar-refractivity contribution < 1.29 is 23.9 Å². The van der Waals surface area contributed by atoms with E-state index in [4.69, 9.17) is 16.3 Å². The van der Waals surface area contributed by atoms with Crippen LogP contribution in [-0.4, -0.2) is 35.6 Å². The van der Waals surface area contributed by atoms with Crippen LogP contribution in [0.2, 0.25) is 5.02 Å². The highest BCUT2D eigenvalue weighted by Crippen LogP contribution is 2.38. The van der Waals surface area contributed by atoms with Gasteiger partial charge in [-0.1, -0.05) is 17.7 Å². The number of hydrogen-bond acceptors (Lipinski definition) is 5. The number of ketones is 2. The molecule has 6 nitrogen and oxygen atoms in total. The standard InChI is InChI=1S/C19H22ClNO5/c1-18(2,3)26-13(22)9-21-17(25)14-15(23)11-8-10(20)6-7-12(11)19(4,5)16(14)24/h6-8,14H,9H2,1-5H3,(H,21,25). The van der Waals surface area contributed by atoms with Crippen molar-refractivity contribution in [3.8, 4) is 0 Å². The zero-order chi connectivity index (χ0) is 19.9. The fraction of sp³-hybridized carbons (Fsp3) is 0.474. The molecule has 1 aromatic rings. The first-order valence-corrected chi connectivity index (χ1v) is 8.60. The first-order valence-electron chi connectivity index (χ1n) is 8.22. The number of benzene rings is 1. The predicted molar refractivity (Wildman–Crippen MR) is 96.2 cm³/mol. The fourth-order valence-electron chi connectivity index (χ4n) is 2.91. The summed E-state index contributed by atoms with van der Waals surface area (Å²) in [5.41, 5.74) is -0.940. The van der Waals surface area contributed by atoms with Crippen LogP contribution < -0.4 is 5.32 Å². The molecule has 0 heterocycles. The predicted octanol–water partition coefficient (Wildman–Crippen LogP) is 2.46. The zero-order valence-electron chi connectivity index (χ0n) is 15.4. The first-order chi connectivity index (χ1) is 11.8. The Kier molecular flexibility index (Phi) is 5.29. The molecule has 1 N–H and O–H groups in total. The summed E-state index contributed by atoms with van der Waals surface area (Å²) < 4.78 is 5.10. The second-order valence-corrected chi connectivity index (χ2v) is 8.22. The van der Waals surface area contributed by atoms with Gasteiger partial charge < -0.3 is 10.1 Å². The van der Waals surface area contributed by atoms with Crippen molar-refractivity contribution in [3.05, 3.63) is 34.3 Å². The van der Waals surface area contributed by atoms with Crippen LogP contribution >= 0.6 is 11.6 Å². The van der Waals surface area contributed by atoms with Gasteiger partial charge >= 0.3 is 5.97 Å². The average Bonchev–Trinajstić information content (AvgIpc) is 2.49. The van der Waals surface area contributed by atoms with Crippen LogP contribution in [0.4, 0.5) is 0 Å². The maximum Gasteiger partial charge on any atom is 0.325 e. The van der Waals surface area contributed by atoms with Crippen LogP contribution in [0.15, 0.2) is 18.2 Å². The van der Waals surface area contributed by atoms with Gasteiger partial charge in [-0.25, -0.2) is 0 Å². The second kappa shape index (κ2) is 6.83. The Hall–Kier alpha value is -2.21. The Labute approximate surface area is 157 Å². The molecular weight excluding hydrogens is 358 g/mol. The van der Waals surface area contributed by atoms with E-state index in [1.54, 1.807) is 46.8 Å². The van der Waals surface area contributed by atoms with Gasteiger partial charge in [-0.15, -0.1) is 0 Å². The number of carbonyl (C=O) groups excluding carboxylic acids is 4. The third-order valence-corrected chi connectivity index (χ3v) is 4.39. The van der Waals surface area contributed by atoms with Crippen LogP contribution in [0, 0.1) is 5.92 Å². The molecule has 140 valence electrons. The van der Waals surface area contributed by atoms with Crippen LogP contribution in [0.25, 0.3) is 0 Å². The molecule has 0 bridgehead atoms. The maximum atomic E-state index is 12.8. The van der Waals surface area contributed by atoms with Crippen molar-refractivity contribution in [1.82, 2.24) is 5.32 Å². The quantitative estimate of drug-likeness (QED) is 0.643. The number of ether oxygens (including phenoxy) is 1. The lowest BCUT2D eigenvalue weighted by Gasteiger charge is -2.34. The van der Waals surface area contributed by atoms with Crippen molar-refractivity contribution in [2.45, 2.75) is 45.6 Å². The van der Waals surface area contributed by atoms with E-state index in [0.717, 1.165) is 0 Å². The second-order valence-electron chi connectivity index (χ2n) is 7.78. The van der Waals surface area contributed by atoms with Crippen molar-refractivity contribution in [2.24, 2.45) is 5.92 Å². The Bertz CT molecular complexity index is 792. The Morgan fingerprint density at radius 1 is 1.23 bits per heavy atom. The largest absolute Gasteiger partial charge is 0.459 e. The summed E-state index contributed by atoms with van der Waals surface area (Å²) >= 11 is 5.96. The molecule has 26 heavy (non-hydrogen) atoms. The van der Waals surface area contributed by atoms with E-state index in [2.05, 4.69) is 5.32 Å². The van der Waals surface area contributed by atoms with E-state index < -0.39 is 46.9 Å². The number of amides is 1. The lowest BCUT2D eigenvalue weighted by molar-refractivity contribution is -0.155. The zero-order valence-corrected chi connectivity index (χ0v) is 16.2. The molecule has 0 aromatic heterocycles. The highest BCUT2D eigenvalue weighted by atomic mass is 35.5. The van der Waals surface area contributed by atoms with Gasteiger partial charge in [0, 0.05) is 10.6 Å². The van der Waals surface area contributed by atoms with Gasteiger partial charge in [0.25, 0.3) is 0 Å². The van der Waals surface area contributed by atoms with Gasteiger partial charge in [-0.2, -0.15) is 0 Å². The van der Waals surface area contributed by atoms with Crippen LogP contribution in [-0.2, 0) is 24.5 Å². The number of Topliss-reactive ketones (excluding diaryl/α,β-unsaturated/α-hetero) is 2. The third kappa shape index (κ3) is 3.96. The summed E-state index contributed by atoms with van der Waals surface area (Å²) in [5.74, 6) is -4.11. The number of rotatable bonds is 3. The highest BCUT2D eigenvalue weighted by molar-refractivity contribution is 6.33. The number of fused-ring (bicyclic) bond motifs is 1. The van der Waals surface area contributed by atoms with E-state index in [0.29, 0.717) is 10.6 Å². The first kappa shape index (κ1) is 20.1. The van der Waals surface area contributed by atoms with E-state index in [1.807, 2.05) is 0 Å². The number of nitrogens with one attached hydrogen (secondary N) is 1. The monoisotopic (exact) mass is 379 g/mol. The number of halogens is 1. The van der Waals surface area contributed by atoms with Crippen LogP contribution in [0.1, 0.15) is 50.5 Å². The van der Waals surface area contributed by atoms with Crippen LogP contribution in [0.5, 0.6) is 0 Å². The van der Waals surface area contributed by atoms with Gasteiger partial charge in [0.15, 0.2) is 17.5 Å². The average molecular weight is 380 g/mol. The van der Waals surface area contributed by atoms with Gasteiger partial charge in [0.2, 0.25) is 5.91 Å². The molecule has 1 aromatic carbocycles. The van der Waals surface area contributed by atoms with Gasteiger partial charge in [0.05, 0.1) is 5.41 Å². The van der Waals surface area contributed by atoms with Gasteiger partial charge in [-0.05, 0) is 52.3 Å². The van der Waals surface area contributed by atoms with Crippen molar-refractivity contribution in [1.29, 1.82) is 0 Å². The minimum absolute atomic E-state index is 0.250. The van der Waals surface area contributed by atoms with E-state index >= 15 is 0 Å². The SMILES string of the molecule is CC(C)(C)OC(=O)CNC(=O)C1C(=O)c2cc(Cl)ccc2C(C)(C)C1=O. The van der Waals surface area contributed by atoms with Gasteiger partial charge in [-0.3, -0.25) is 19.2 Å². The molecule has 1 atom stereocenters. The fourth-order valence-corrected chi connectivity index (χ4v) is 3.08. The summed E-state index contributed by atoms with van der Waals surface area (Å²) in [6.45, 7) is 7.99. The Morgan fingerprint density at radius 3 is 2.42 bits per heavy atom. The topological polar surface area (TPSA) is 89.5 Å². The summed E-state index contributed by atoms with van der Waals surface area (Å²) in [4.78, 5) is 49.7. The smallest absolute Gasteiger partial charge is 0.325 e. The molecule has 1 aliphatic carbocycles. The molecule has 0 radical (unpaired) electrons. The minimum atomic E-state index is -1.52. The van der Waals surface area contributed by atoms with E-state index in [1.165, 1.54) is 6.07 Å². The summed E-state index contributed by atoms with van der Waals surface area (Å²) in [6, 6.07) is 4.69. The van der Waals surface area contributed by atoms with Crippen molar-refractivity contribution in [3.63, 3.8) is 0 Å². The van der Waals surface area contributed by atoms with E-state index in [9.17, 15) is 19.2 Å². The number of esters is 1. The summed E-state index contributed by atoms with van der Waals surface area (Å²) in [7, 11) is 0. The molecular formula is C19H22ClNO5. The maximum absolute atomic E-state index is 12.8. The minimum Gasteiger partial charge on any atom is -0.459 e. The third-order valence-electron chi connectivity index (χ3n) is 4.15. The van der Waals surface area contributed by atoms with E-state index in [-0.39, 0.29) is 5.56 Å². The Morgan fingerprint density at radius 2 is 1.85 bits per heavy atom. The molecule has 0 saturated carbocycles. The molecule has 7 heteroatoms. The summed E-state index contributed by atoms with van der Waals surface area (Å²) in [6.07, 6.45) is 0. The molecule has 0 saturated heterocycles. The lowest BCUT2D eigenvalue weighted by Crippen LogP contribution is -2.51. The van der Waals surface area contributed by atoms with Gasteiger partial charge in [0.1, 0.15) is 12.1 Å². The highest BCUT2D eigenvalue weighted by Gasteiger charge is 2.49. The summed E-state index contributed by atoms with van der Waals surface area (Å²) in [5, 5.41) is 2.67. The molecule has 0 fully saturated rings. The molecule has 0 spiro atoms. The molecule has 0 aliphatic heterocycles. The number of hydrogen-bond donors (Lipinski definition) is 1. The Balaban J connectivity index is 2.24. The normalized spacial score (nSPS) is 18.9. The van der Waals surface area contributed by atoms with Crippen LogP contribution in [0.3, 0.4) is 0 Å². The number of carbonyl (C=O) groups is 4. The van der Waals surface area contributed by atoms with Crippen molar-refractivity contribution >= 4 is 35.0 Å². The van der Waals surface area contributed by atoms with Crippen molar-refractivity contribution in [2.75, 3.05) is 6.54 Å². The molecule has 1 amide bonds. The lowest BCUT2D eigenvalue weighted by atomic mass is 9.66.